The van der Waals surface area contributed by atoms with Gasteiger partial charge in [0.1, 0.15) is 6.61 Å². The van der Waals surface area contributed by atoms with Crippen LogP contribution in [0.15, 0.2) is 0 Å². The van der Waals surface area contributed by atoms with E-state index in [-0.39, 0.29) is 18.6 Å². The van der Waals surface area contributed by atoms with Gasteiger partial charge >= 0.3 is 12.1 Å². The highest BCUT2D eigenvalue weighted by atomic mass is 16.5. The largest absolute Gasteiger partial charge is 0.465 e. The van der Waals surface area contributed by atoms with Crippen LogP contribution in [0.2, 0.25) is 0 Å². The lowest BCUT2D eigenvalue weighted by molar-refractivity contribution is -0.145. The number of ether oxygens (including phenoxy) is 1. The standard InChI is InChI=1S/C11H19NO4/c1-2-5-10(13)16-8-9-6-3-4-7-12(9)11(14)15/h9H,2-8H2,1H3,(H,14,15). The summed E-state index contributed by atoms with van der Waals surface area (Å²) in [5, 5.41) is 8.96. The maximum absolute atomic E-state index is 11.2. The smallest absolute Gasteiger partial charge is 0.407 e. The fraction of sp³-hybridized carbons (Fsp3) is 0.818. The van der Waals surface area contributed by atoms with Gasteiger partial charge in [-0.15, -0.1) is 0 Å². The van der Waals surface area contributed by atoms with Crippen molar-refractivity contribution in [2.24, 2.45) is 0 Å². The molecule has 1 unspecified atom stereocenters. The first-order chi connectivity index (χ1) is 7.65. The highest BCUT2D eigenvalue weighted by Crippen LogP contribution is 2.17. The minimum Gasteiger partial charge on any atom is -0.465 e. The van der Waals surface area contributed by atoms with Crippen LogP contribution in [-0.4, -0.2) is 41.3 Å². The van der Waals surface area contributed by atoms with Crippen LogP contribution in [0.1, 0.15) is 39.0 Å². The lowest BCUT2D eigenvalue weighted by Crippen LogP contribution is -2.45. The predicted molar refractivity (Wildman–Crippen MR) is 58.2 cm³/mol. The number of hydrogen-bond donors (Lipinski definition) is 1. The summed E-state index contributed by atoms with van der Waals surface area (Å²) < 4.78 is 5.06. The van der Waals surface area contributed by atoms with Gasteiger partial charge in [-0.05, 0) is 25.7 Å². The van der Waals surface area contributed by atoms with Crippen LogP contribution in [-0.2, 0) is 9.53 Å². The van der Waals surface area contributed by atoms with Crippen molar-refractivity contribution in [2.75, 3.05) is 13.2 Å². The fourth-order valence-corrected chi connectivity index (χ4v) is 1.89. The second-order valence-electron chi connectivity index (χ2n) is 4.06. The first-order valence-electron chi connectivity index (χ1n) is 5.80. The van der Waals surface area contributed by atoms with E-state index in [1.807, 2.05) is 6.92 Å². The van der Waals surface area contributed by atoms with Crippen molar-refractivity contribution in [3.8, 4) is 0 Å². The Labute approximate surface area is 95.4 Å². The lowest BCUT2D eigenvalue weighted by Gasteiger charge is -2.32. The van der Waals surface area contributed by atoms with Gasteiger partial charge in [0.05, 0.1) is 6.04 Å². The molecule has 0 bridgehead atoms. The number of carbonyl (C=O) groups excluding carboxylic acids is 1. The van der Waals surface area contributed by atoms with Gasteiger partial charge in [-0.25, -0.2) is 4.79 Å². The molecule has 0 aromatic carbocycles. The zero-order valence-corrected chi connectivity index (χ0v) is 9.65. The Morgan fingerprint density at radius 3 is 2.81 bits per heavy atom. The van der Waals surface area contributed by atoms with Crippen LogP contribution in [0.25, 0.3) is 0 Å². The molecule has 1 aliphatic rings. The number of carbonyl (C=O) groups is 2. The molecule has 16 heavy (non-hydrogen) atoms. The van der Waals surface area contributed by atoms with E-state index in [1.54, 1.807) is 0 Å². The van der Waals surface area contributed by atoms with E-state index in [1.165, 1.54) is 4.90 Å². The maximum Gasteiger partial charge on any atom is 0.407 e. The van der Waals surface area contributed by atoms with Gasteiger partial charge in [0.15, 0.2) is 0 Å². The fourth-order valence-electron chi connectivity index (χ4n) is 1.89. The summed E-state index contributed by atoms with van der Waals surface area (Å²) in [6.07, 6.45) is 2.92. The number of likely N-dealkylation sites (tertiary alicyclic amines) is 1. The zero-order valence-electron chi connectivity index (χ0n) is 9.65. The molecule has 1 saturated heterocycles. The van der Waals surface area contributed by atoms with Crippen LogP contribution in [0, 0.1) is 0 Å². The molecule has 5 heteroatoms. The van der Waals surface area contributed by atoms with Crippen molar-refractivity contribution < 1.29 is 19.4 Å². The van der Waals surface area contributed by atoms with E-state index >= 15 is 0 Å². The van der Waals surface area contributed by atoms with Crippen molar-refractivity contribution >= 4 is 12.1 Å². The van der Waals surface area contributed by atoms with Gasteiger partial charge in [-0.1, -0.05) is 6.92 Å². The lowest BCUT2D eigenvalue weighted by atomic mass is 10.0. The molecule has 5 nitrogen and oxygen atoms in total. The SMILES string of the molecule is CCCC(=O)OCC1CCCCN1C(=O)O. The van der Waals surface area contributed by atoms with E-state index in [2.05, 4.69) is 0 Å². The summed E-state index contributed by atoms with van der Waals surface area (Å²) in [6, 6.07) is -0.160. The number of nitrogens with zero attached hydrogens (tertiary/aromatic N) is 1. The van der Waals surface area contributed by atoms with E-state index in [0.29, 0.717) is 13.0 Å². The Morgan fingerprint density at radius 1 is 1.44 bits per heavy atom. The first-order valence-corrected chi connectivity index (χ1v) is 5.80. The minimum atomic E-state index is -0.920. The summed E-state index contributed by atoms with van der Waals surface area (Å²) in [7, 11) is 0. The molecule has 1 rings (SSSR count). The summed E-state index contributed by atoms with van der Waals surface area (Å²) in [5.41, 5.74) is 0. The first kappa shape index (κ1) is 12.8. The third-order valence-electron chi connectivity index (χ3n) is 2.76. The van der Waals surface area contributed by atoms with Crippen LogP contribution in [0.4, 0.5) is 4.79 Å². The Kier molecular flexibility index (Phi) is 5.08. The molecule has 0 aromatic rings. The van der Waals surface area contributed by atoms with Crippen molar-refractivity contribution in [1.29, 1.82) is 0 Å². The van der Waals surface area contributed by atoms with Crippen LogP contribution < -0.4 is 0 Å². The maximum atomic E-state index is 11.2. The van der Waals surface area contributed by atoms with E-state index in [4.69, 9.17) is 9.84 Å². The van der Waals surface area contributed by atoms with Crippen molar-refractivity contribution in [3.63, 3.8) is 0 Å². The molecule has 1 aliphatic heterocycles. The molecule has 0 saturated carbocycles. The van der Waals surface area contributed by atoms with Gasteiger partial charge in [-0.3, -0.25) is 4.79 Å². The summed E-state index contributed by atoms with van der Waals surface area (Å²) in [6.45, 7) is 2.65. The number of carboxylic acid groups (broad SMARTS) is 1. The molecule has 1 N–H and O–H groups in total. The normalized spacial score (nSPS) is 20.6. The molecule has 0 aromatic heterocycles. The van der Waals surface area contributed by atoms with Gasteiger partial charge in [0.2, 0.25) is 0 Å². The quantitative estimate of drug-likeness (QED) is 0.747. The third-order valence-corrected chi connectivity index (χ3v) is 2.76. The average Bonchev–Trinajstić information content (AvgIpc) is 2.27. The molecule has 0 aliphatic carbocycles. The topological polar surface area (TPSA) is 66.8 Å². The van der Waals surface area contributed by atoms with Crippen LogP contribution in [0.3, 0.4) is 0 Å². The molecule has 0 spiro atoms. The second-order valence-corrected chi connectivity index (χ2v) is 4.06. The van der Waals surface area contributed by atoms with E-state index in [0.717, 1.165) is 25.7 Å². The van der Waals surface area contributed by atoms with Crippen molar-refractivity contribution in [1.82, 2.24) is 4.90 Å². The van der Waals surface area contributed by atoms with Gasteiger partial charge in [0.25, 0.3) is 0 Å². The number of hydrogen-bond acceptors (Lipinski definition) is 3. The van der Waals surface area contributed by atoms with Crippen molar-refractivity contribution in [3.05, 3.63) is 0 Å². The summed E-state index contributed by atoms with van der Waals surface area (Å²) >= 11 is 0. The molecular formula is C11H19NO4. The zero-order chi connectivity index (χ0) is 12.0. The summed E-state index contributed by atoms with van der Waals surface area (Å²) in [5.74, 6) is -0.238. The van der Waals surface area contributed by atoms with Gasteiger partial charge in [0, 0.05) is 13.0 Å². The number of amides is 1. The highest BCUT2D eigenvalue weighted by Gasteiger charge is 2.27. The highest BCUT2D eigenvalue weighted by molar-refractivity contribution is 5.69. The monoisotopic (exact) mass is 229 g/mol. The Hall–Kier alpha value is -1.26. The molecule has 1 heterocycles. The Balaban J connectivity index is 2.38. The predicted octanol–water partition coefficient (Wildman–Crippen LogP) is 1.86. The third kappa shape index (κ3) is 3.72. The molecule has 1 atom stereocenters. The van der Waals surface area contributed by atoms with Crippen molar-refractivity contribution in [2.45, 2.75) is 45.1 Å². The number of rotatable bonds is 4. The Bertz CT molecular complexity index is 254. The number of piperidine rings is 1. The molecule has 92 valence electrons. The molecular weight excluding hydrogens is 210 g/mol. The Morgan fingerprint density at radius 2 is 2.19 bits per heavy atom. The summed E-state index contributed by atoms with van der Waals surface area (Å²) in [4.78, 5) is 23.5. The molecule has 1 amide bonds. The van der Waals surface area contributed by atoms with Gasteiger partial charge in [-0.2, -0.15) is 0 Å². The van der Waals surface area contributed by atoms with Crippen LogP contribution in [0.5, 0.6) is 0 Å². The molecule has 0 radical (unpaired) electrons. The van der Waals surface area contributed by atoms with Gasteiger partial charge < -0.3 is 14.7 Å². The molecule has 1 fully saturated rings. The average molecular weight is 229 g/mol. The van der Waals surface area contributed by atoms with E-state index in [9.17, 15) is 9.59 Å². The number of esters is 1. The minimum absolute atomic E-state index is 0.160. The van der Waals surface area contributed by atoms with Crippen LogP contribution >= 0.6 is 0 Å². The van der Waals surface area contributed by atoms with E-state index < -0.39 is 6.09 Å². The second kappa shape index (κ2) is 6.35.